The molecule has 4 atom stereocenters. The molecule has 0 aliphatic heterocycles. The van der Waals surface area contributed by atoms with Gasteiger partial charge in [0.15, 0.2) is 0 Å². The van der Waals surface area contributed by atoms with Crippen molar-refractivity contribution in [3.8, 4) is 0 Å². The number of nitrogens with two attached hydrogens (primary N) is 1. The van der Waals surface area contributed by atoms with Crippen LogP contribution in [0.15, 0.2) is 36.4 Å². The Morgan fingerprint density at radius 3 is 2.81 bits per heavy atom. The number of benzene rings is 1. The first-order valence-corrected chi connectivity index (χ1v) is 7.97. The van der Waals surface area contributed by atoms with Crippen LogP contribution >= 0.6 is 0 Å². The van der Waals surface area contributed by atoms with Crippen molar-refractivity contribution in [1.29, 1.82) is 0 Å². The molecule has 2 fully saturated rings. The summed E-state index contributed by atoms with van der Waals surface area (Å²) < 4.78 is 0. The summed E-state index contributed by atoms with van der Waals surface area (Å²) in [5, 5.41) is 12.1. The van der Waals surface area contributed by atoms with Crippen LogP contribution in [0.25, 0.3) is 10.9 Å². The quantitative estimate of drug-likeness (QED) is 0.909. The average Bonchev–Trinajstić information content (AvgIpc) is 3.15. The van der Waals surface area contributed by atoms with E-state index in [1.165, 1.54) is 19.3 Å². The summed E-state index contributed by atoms with van der Waals surface area (Å²) in [6.07, 6.45) is 4.28. The maximum atomic E-state index is 11.0. The van der Waals surface area contributed by atoms with Gasteiger partial charge in [-0.1, -0.05) is 30.7 Å². The lowest BCUT2D eigenvalue weighted by Gasteiger charge is -2.40. The van der Waals surface area contributed by atoms with Gasteiger partial charge >= 0.3 is 0 Å². The first-order valence-electron chi connectivity index (χ1n) is 7.97. The third kappa shape index (κ3) is 1.91. The Labute approximate surface area is 125 Å². The SMILES string of the molecule is NCC1(C(O)c2ccc3ccccc3n2)CC2CCC1C2. The molecule has 2 aromatic rings. The van der Waals surface area contributed by atoms with Gasteiger partial charge in [0.2, 0.25) is 0 Å². The van der Waals surface area contributed by atoms with E-state index < -0.39 is 6.10 Å². The second-order valence-corrected chi connectivity index (χ2v) is 6.85. The molecule has 4 rings (SSSR count). The number of para-hydroxylation sites is 1. The molecule has 0 saturated heterocycles. The van der Waals surface area contributed by atoms with Gasteiger partial charge in [0.1, 0.15) is 6.10 Å². The molecule has 3 N–H and O–H groups in total. The second kappa shape index (κ2) is 4.79. The highest BCUT2D eigenvalue weighted by molar-refractivity contribution is 5.78. The highest BCUT2D eigenvalue weighted by Gasteiger charge is 2.54. The number of hydrogen-bond donors (Lipinski definition) is 2. The van der Waals surface area contributed by atoms with Crippen molar-refractivity contribution < 1.29 is 5.11 Å². The summed E-state index contributed by atoms with van der Waals surface area (Å²) in [6.45, 7) is 0.559. The largest absolute Gasteiger partial charge is 0.386 e. The van der Waals surface area contributed by atoms with Crippen LogP contribution in [0, 0.1) is 17.3 Å². The molecule has 1 aromatic heterocycles. The number of aliphatic hydroxyl groups excluding tert-OH is 1. The smallest absolute Gasteiger partial charge is 0.103 e. The van der Waals surface area contributed by atoms with Crippen molar-refractivity contribution in [2.75, 3.05) is 6.54 Å². The zero-order valence-corrected chi connectivity index (χ0v) is 12.2. The zero-order chi connectivity index (χ0) is 14.4. The van der Waals surface area contributed by atoms with Gasteiger partial charge in [0, 0.05) is 17.3 Å². The molecule has 2 saturated carbocycles. The van der Waals surface area contributed by atoms with E-state index in [1.807, 2.05) is 24.3 Å². The Morgan fingerprint density at radius 1 is 1.24 bits per heavy atom. The number of aromatic nitrogens is 1. The molecule has 2 aliphatic carbocycles. The van der Waals surface area contributed by atoms with Crippen LogP contribution in [0.1, 0.15) is 37.5 Å². The van der Waals surface area contributed by atoms with Crippen molar-refractivity contribution in [1.82, 2.24) is 4.98 Å². The minimum Gasteiger partial charge on any atom is -0.386 e. The summed E-state index contributed by atoms with van der Waals surface area (Å²) in [5.74, 6) is 1.32. The number of nitrogens with zero attached hydrogens (tertiary/aromatic N) is 1. The molecular weight excluding hydrogens is 260 g/mol. The first-order chi connectivity index (χ1) is 10.2. The van der Waals surface area contributed by atoms with Gasteiger partial charge in [-0.05, 0) is 43.2 Å². The minimum absolute atomic E-state index is 0.154. The van der Waals surface area contributed by atoms with Gasteiger partial charge in [-0.2, -0.15) is 0 Å². The van der Waals surface area contributed by atoms with E-state index in [1.54, 1.807) is 0 Å². The van der Waals surface area contributed by atoms with Crippen LogP contribution < -0.4 is 5.73 Å². The van der Waals surface area contributed by atoms with Crippen LogP contribution in [0.3, 0.4) is 0 Å². The van der Waals surface area contributed by atoms with Gasteiger partial charge < -0.3 is 10.8 Å². The third-order valence-electron chi connectivity index (χ3n) is 5.85. The molecular formula is C18H22N2O. The second-order valence-electron chi connectivity index (χ2n) is 6.85. The Morgan fingerprint density at radius 2 is 2.10 bits per heavy atom. The summed E-state index contributed by atoms with van der Waals surface area (Å²) in [5.41, 5.74) is 7.70. The lowest BCUT2D eigenvalue weighted by atomic mass is 9.68. The Balaban J connectivity index is 1.73. The van der Waals surface area contributed by atoms with Crippen molar-refractivity contribution in [3.05, 3.63) is 42.1 Å². The Kier molecular flexibility index (Phi) is 3.02. The van der Waals surface area contributed by atoms with Crippen molar-refractivity contribution in [2.45, 2.75) is 31.8 Å². The summed E-state index contributed by atoms with van der Waals surface area (Å²) in [6, 6.07) is 12.1. The van der Waals surface area contributed by atoms with Crippen LogP contribution in [0.2, 0.25) is 0 Å². The van der Waals surface area contributed by atoms with E-state index in [0.29, 0.717) is 12.5 Å². The topological polar surface area (TPSA) is 59.1 Å². The lowest BCUT2D eigenvalue weighted by molar-refractivity contribution is -0.0155. The van der Waals surface area contributed by atoms with Gasteiger partial charge in [-0.25, -0.2) is 0 Å². The highest BCUT2D eigenvalue weighted by atomic mass is 16.3. The highest BCUT2D eigenvalue weighted by Crippen LogP contribution is 2.60. The van der Waals surface area contributed by atoms with Crippen molar-refractivity contribution in [2.24, 2.45) is 23.0 Å². The van der Waals surface area contributed by atoms with Gasteiger partial charge in [-0.3, -0.25) is 4.98 Å². The number of rotatable bonds is 3. The maximum Gasteiger partial charge on any atom is 0.103 e. The molecule has 2 bridgehead atoms. The summed E-state index contributed by atoms with van der Waals surface area (Å²) in [7, 11) is 0. The normalized spacial score (nSPS) is 32.7. The van der Waals surface area contributed by atoms with E-state index in [2.05, 4.69) is 12.1 Å². The molecule has 2 aliphatic rings. The predicted molar refractivity (Wildman–Crippen MR) is 83.6 cm³/mol. The molecule has 0 spiro atoms. The molecule has 3 heteroatoms. The Bertz CT molecular complexity index is 671. The molecule has 1 aromatic carbocycles. The number of pyridine rings is 1. The first kappa shape index (κ1) is 13.2. The van der Waals surface area contributed by atoms with E-state index in [9.17, 15) is 5.11 Å². The number of hydrogen-bond acceptors (Lipinski definition) is 3. The molecule has 4 unspecified atom stereocenters. The minimum atomic E-state index is -0.539. The van der Waals surface area contributed by atoms with Gasteiger partial charge in [-0.15, -0.1) is 0 Å². The van der Waals surface area contributed by atoms with Gasteiger partial charge in [0.05, 0.1) is 11.2 Å². The fourth-order valence-corrected chi connectivity index (χ4v) is 4.71. The molecule has 110 valence electrons. The third-order valence-corrected chi connectivity index (χ3v) is 5.85. The van der Waals surface area contributed by atoms with Crippen molar-refractivity contribution >= 4 is 10.9 Å². The summed E-state index contributed by atoms with van der Waals surface area (Å²) >= 11 is 0. The molecule has 21 heavy (non-hydrogen) atoms. The fourth-order valence-electron chi connectivity index (χ4n) is 4.71. The fraction of sp³-hybridized carbons (Fsp3) is 0.500. The molecule has 3 nitrogen and oxygen atoms in total. The van der Waals surface area contributed by atoms with Crippen LogP contribution in [0.5, 0.6) is 0 Å². The van der Waals surface area contributed by atoms with Crippen LogP contribution in [-0.2, 0) is 0 Å². The van der Waals surface area contributed by atoms with Crippen LogP contribution in [0.4, 0.5) is 0 Å². The van der Waals surface area contributed by atoms with Crippen LogP contribution in [-0.4, -0.2) is 16.6 Å². The lowest BCUT2D eigenvalue weighted by Crippen LogP contribution is -2.41. The monoisotopic (exact) mass is 282 g/mol. The summed E-state index contributed by atoms with van der Waals surface area (Å²) in [4.78, 5) is 4.69. The Hall–Kier alpha value is -1.45. The number of fused-ring (bicyclic) bond motifs is 3. The van der Waals surface area contributed by atoms with Crippen molar-refractivity contribution in [3.63, 3.8) is 0 Å². The number of aliphatic hydroxyl groups is 1. The maximum absolute atomic E-state index is 11.0. The molecule has 0 amide bonds. The van der Waals surface area contributed by atoms with Gasteiger partial charge in [0.25, 0.3) is 0 Å². The predicted octanol–water partition coefficient (Wildman–Crippen LogP) is 3.03. The van der Waals surface area contributed by atoms with E-state index in [0.717, 1.165) is 28.9 Å². The van der Waals surface area contributed by atoms with E-state index >= 15 is 0 Å². The zero-order valence-electron chi connectivity index (χ0n) is 12.2. The van der Waals surface area contributed by atoms with E-state index in [4.69, 9.17) is 10.7 Å². The molecule has 0 radical (unpaired) electrons. The molecule has 1 heterocycles. The standard InChI is InChI=1S/C18H22N2O/c19-11-18(10-12-5-7-14(18)9-12)17(21)16-8-6-13-3-1-2-4-15(13)20-16/h1-4,6,8,12,14,17,21H,5,7,9-11,19H2. The average molecular weight is 282 g/mol. The van der Waals surface area contributed by atoms with E-state index in [-0.39, 0.29) is 5.41 Å².